The van der Waals surface area contributed by atoms with E-state index in [2.05, 4.69) is 45.2 Å². The number of hydrogen-bond donors (Lipinski definition) is 0. The Labute approximate surface area is 96.6 Å². The van der Waals surface area contributed by atoms with E-state index in [1.54, 1.807) is 6.07 Å². The van der Waals surface area contributed by atoms with E-state index in [4.69, 9.17) is 23.2 Å². The summed E-state index contributed by atoms with van der Waals surface area (Å²) in [6.45, 7) is 0. The van der Waals surface area contributed by atoms with Crippen LogP contribution in [0, 0.1) is 7.14 Å². The van der Waals surface area contributed by atoms with Crippen molar-refractivity contribution < 1.29 is 0 Å². The summed E-state index contributed by atoms with van der Waals surface area (Å²) < 4.78 is 2.15. The molecule has 4 heteroatoms. The lowest BCUT2D eigenvalue weighted by atomic mass is 10.4. The highest BCUT2D eigenvalue weighted by molar-refractivity contribution is 14.1. The fraction of sp³-hybridized carbons (Fsp3) is 0. The van der Waals surface area contributed by atoms with Gasteiger partial charge in [0.05, 0.1) is 5.02 Å². The number of rotatable bonds is 0. The zero-order valence-electron chi connectivity index (χ0n) is 4.67. The van der Waals surface area contributed by atoms with Gasteiger partial charge < -0.3 is 0 Å². The molecule has 0 aromatic heterocycles. The van der Waals surface area contributed by atoms with Crippen molar-refractivity contribution in [2.75, 3.05) is 0 Å². The fourth-order valence-electron chi connectivity index (χ4n) is 0.525. The van der Waals surface area contributed by atoms with Gasteiger partial charge in [-0.3, -0.25) is 0 Å². The molecule has 1 aromatic carbocycles. The van der Waals surface area contributed by atoms with Crippen molar-refractivity contribution in [1.82, 2.24) is 0 Å². The molecule has 0 aliphatic heterocycles. The third kappa shape index (κ3) is 2.12. The first-order valence-electron chi connectivity index (χ1n) is 2.41. The second kappa shape index (κ2) is 3.78. The SMILES string of the molecule is Clc1cc(Cl)c(I)c(I)c1. The Hall–Kier alpha value is 1.26. The highest BCUT2D eigenvalue weighted by Gasteiger charge is 2.02. The summed E-state index contributed by atoms with van der Waals surface area (Å²) in [6.07, 6.45) is 0. The standard InChI is InChI=1S/C6H2Cl2I2/c7-3-1-4(8)6(10)5(9)2-3/h1-2H. The minimum absolute atomic E-state index is 0.690. The van der Waals surface area contributed by atoms with Crippen molar-refractivity contribution in [1.29, 1.82) is 0 Å². The second-order valence-electron chi connectivity index (χ2n) is 1.68. The first-order valence-corrected chi connectivity index (χ1v) is 5.32. The van der Waals surface area contributed by atoms with E-state index in [1.165, 1.54) is 0 Å². The van der Waals surface area contributed by atoms with E-state index in [-0.39, 0.29) is 0 Å². The molecule has 0 saturated carbocycles. The summed E-state index contributed by atoms with van der Waals surface area (Å²) in [4.78, 5) is 0. The van der Waals surface area contributed by atoms with E-state index in [1.807, 2.05) is 6.07 Å². The number of benzene rings is 1. The Kier molecular flexibility index (Phi) is 3.53. The van der Waals surface area contributed by atoms with E-state index >= 15 is 0 Å². The lowest BCUT2D eigenvalue weighted by Gasteiger charge is -1.98. The predicted octanol–water partition coefficient (Wildman–Crippen LogP) is 4.20. The van der Waals surface area contributed by atoms with Crippen LogP contribution in [0.3, 0.4) is 0 Å². The van der Waals surface area contributed by atoms with Gasteiger partial charge in [-0.1, -0.05) is 23.2 Å². The molecule has 1 aromatic rings. The minimum atomic E-state index is 0.690. The van der Waals surface area contributed by atoms with Gasteiger partial charge in [-0.05, 0) is 57.3 Å². The Bertz CT molecular complexity index is 237. The van der Waals surface area contributed by atoms with Gasteiger partial charge in [0.15, 0.2) is 0 Å². The quantitative estimate of drug-likeness (QED) is 0.349. The molecule has 1 rings (SSSR count). The maximum atomic E-state index is 5.82. The average Bonchev–Trinajstić information content (AvgIpc) is 1.82. The molecular weight excluding hydrogens is 397 g/mol. The van der Waals surface area contributed by atoms with Gasteiger partial charge in [0.1, 0.15) is 0 Å². The van der Waals surface area contributed by atoms with E-state index < -0.39 is 0 Å². The predicted molar refractivity (Wildman–Crippen MR) is 61.9 cm³/mol. The monoisotopic (exact) mass is 398 g/mol. The van der Waals surface area contributed by atoms with Gasteiger partial charge in [0.25, 0.3) is 0 Å². The molecule has 0 bridgehead atoms. The number of hydrogen-bond acceptors (Lipinski definition) is 0. The second-order valence-corrected chi connectivity index (χ2v) is 4.77. The van der Waals surface area contributed by atoms with Crippen LogP contribution >= 0.6 is 68.4 Å². The summed E-state index contributed by atoms with van der Waals surface area (Å²) >= 11 is 15.9. The van der Waals surface area contributed by atoms with Crippen LogP contribution in [0.15, 0.2) is 12.1 Å². The average molecular weight is 399 g/mol. The van der Waals surface area contributed by atoms with Crippen molar-refractivity contribution in [2.45, 2.75) is 0 Å². The summed E-state index contributed by atoms with van der Waals surface area (Å²) in [6, 6.07) is 3.63. The van der Waals surface area contributed by atoms with Crippen molar-refractivity contribution in [3.63, 3.8) is 0 Å². The molecule has 0 nitrogen and oxygen atoms in total. The van der Waals surface area contributed by atoms with Gasteiger partial charge in [-0.25, -0.2) is 0 Å². The van der Waals surface area contributed by atoms with Crippen LogP contribution in [-0.2, 0) is 0 Å². The van der Waals surface area contributed by atoms with Gasteiger partial charge in [0.2, 0.25) is 0 Å². The molecule has 0 amide bonds. The first kappa shape index (κ1) is 9.35. The molecule has 0 fully saturated rings. The maximum absolute atomic E-state index is 5.82. The van der Waals surface area contributed by atoms with Crippen molar-refractivity contribution in [3.8, 4) is 0 Å². The van der Waals surface area contributed by atoms with Crippen LogP contribution in [0.1, 0.15) is 0 Å². The van der Waals surface area contributed by atoms with Gasteiger partial charge in [-0.15, -0.1) is 0 Å². The highest BCUT2D eigenvalue weighted by Crippen LogP contribution is 2.27. The highest BCUT2D eigenvalue weighted by atomic mass is 127. The van der Waals surface area contributed by atoms with Crippen molar-refractivity contribution >= 4 is 68.4 Å². The Morgan fingerprint density at radius 1 is 1.10 bits per heavy atom. The molecule has 0 unspecified atom stereocenters. The van der Waals surface area contributed by atoms with Gasteiger partial charge in [0, 0.05) is 12.2 Å². The molecule has 0 N–H and O–H groups in total. The Morgan fingerprint density at radius 3 is 2.20 bits per heavy atom. The molecule has 0 aliphatic carbocycles. The molecule has 0 radical (unpaired) electrons. The lowest BCUT2D eigenvalue weighted by Crippen LogP contribution is -1.79. The molecule has 0 spiro atoms. The third-order valence-electron chi connectivity index (χ3n) is 0.949. The maximum Gasteiger partial charge on any atom is 0.0565 e. The third-order valence-corrected chi connectivity index (χ3v) is 4.83. The molecular formula is C6H2Cl2I2. The van der Waals surface area contributed by atoms with Crippen LogP contribution in [0.25, 0.3) is 0 Å². The van der Waals surface area contributed by atoms with Crippen molar-refractivity contribution in [3.05, 3.63) is 29.3 Å². The number of halogens is 4. The Balaban J connectivity index is 3.31. The summed E-state index contributed by atoms with van der Waals surface area (Å²) in [5.41, 5.74) is 0. The topological polar surface area (TPSA) is 0 Å². The van der Waals surface area contributed by atoms with Crippen LogP contribution in [0.2, 0.25) is 10.0 Å². The fourth-order valence-corrected chi connectivity index (χ4v) is 2.30. The Morgan fingerprint density at radius 2 is 1.70 bits per heavy atom. The van der Waals surface area contributed by atoms with Gasteiger partial charge in [-0.2, -0.15) is 0 Å². The smallest absolute Gasteiger partial charge is 0.0565 e. The minimum Gasteiger partial charge on any atom is -0.0842 e. The van der Waals surface area contributed by atoms with Gasteiger partial charge >= 0.3 is 0 Å². The first-order chi connectivity index (χ1) is 4.61. The van der Waals surface area contributed by atoms with Crippen LogP contribution in [0.5, 0.6) is 0 Å². The summed E-state index contributed by atoms with van der Waals surface area (Å²) in [5.74, 6) is 0. The molecule has 0 heterocycles. The largest absolute Gasteiger partial charge is 0.0842 e. The summed E-state index contributed by atoms with van der Waals surface area (Å²) in [7, 11) is 0. The lowest BCUT2D eigenvalue weighted by molar-refractivity contribution is 1.58. The van der Waals surface area contributed by atoms with E-state index in [0.717, 1.165) is 12.2 Å². The molecule has 10 heavy (non-hydrogen) atoms. The van der Waals surface area contributed by atoms with Crippen LogP contribution in [0.4, 0.5) is 0 Å². The van der Waals surface area contributed by atoms with E-state index in [9.17, 15) is 0 Å². The molecule has 0 atom stereocenters. The van der Waals surface area contributed by atoms with Crippen molar-refractivity contribution in [2.24, 2.45) is 0 Å². The molecule has 0 aliphatic rings. The zero-order valence-corrected chi connectivity index (χ0v) is 10.5. The molecule has 54 valence electrons. The normalized spacial score (nSPS) is 10.0. The molecule has 0 saturated heterocycles. The zero-order chi connectivity index (χ0) is 7.72. The van der Waals surface area contributed by atoms with Crippen LogP contribution in [-0.4, -0.2) is 0 Å². The summed E-state index contributed by atoms with van der Waals surface area (Å²) in [5, 5.41) is 1.41. The van der Waals surface area contributed by atoms with E-state index in [0.29, 0.717) is 5.02 Å². The van der Waals surface area contributed by atoms with Crippen LogP contribution < -0.4 is 0 Å².